The quantitative estimate of drug-likeness (QED) is 0.525. The van der Waals surface area contributed by atoms with Crippen LogP contribution >= 0.6 is 0 Å². The van der Waals surface area contributed by atoms with Gasteiger partial charge in [0, 0.05) is 0 Å². The summed E-state index contributed by atoms with van der Waals surface area (Å²) in [6, 6.07) is 0. The normalized spacial score (nSPS) is 8.89. The smallest absolute Gasteiger partial charge is 0.307 e. The van der Waals surface area contributed by atoms with Crippen LogP contribution in [0.15, 0.2) is 4.63 Å². The largest absolute Gasteiger partial charge is 0.403 e. The maximum atomic E-state index is 9.64. The average Bonchev–Trinajstić information content (AvgIpc) is 2.18. The summed E-state index contributed by atoms with van der Waals surface area (Å²) in [7, 11) is 0. The lowest BCUT2D eigenvalue weighted by atomic mass is 10.7. The van der Waals surface area contributed by atoms with Crippen LogP contribution in [0.5, 0.6) is 5.88 Å². The van der Waals surface area contributed by atoms with Gasteiger partial charge in [0.05, 0.1) is 0 Å². The number of hydrogen-bond donors (Lipinski definition) is 1. The predicted octanol–water partition coefficient (Wildman–Crippen LogP) is -0.813. The Morgan fingerprint density at radius 3 is 2.89 bits per heavy atom. The first-order chi connectivity index (χ1) is 4.34. The fourth-order valence-corrected chi connectivity index (χ4v) is 0.315. The molecule has 0 aliphatic heterocycles. The molecule has 0 aliphatic rings. The van der Waals surface area contributed by atoms with Crippen molar-refractivity contribution in [1.82, 2.24) is 10.3 Å². The van der Waals surface area contributed by atoms with Gasteiger partial charge in [0.1, 0.15) is 0 Å². The molecule has 0 aliphatic carbocycles. The van der Waals surface area contributed by atoms with Crippen LogP contribution in [0.4, 0.5) is 5.82 Å². The van der Waals surface area contributed by atoms with Gasteiger partial charge in [0.25, 0.3) is 6.47 Å². The van der Waals surface area contributed by atoms with Gasteiger partial charge in [-0.1, -0.05) is 0 Å². The first-order valence-electron chi connectivity index (χ1n) is 2.03. The second-order valence-corrected chi connectivity index (χ2v) is 1.17. The van der Waals surface area contributed by atoms with Gasteiger partial charge in [-0.2, -0.15) is 0 Å². The summed E-state index contributed by atoms with van der Waals surface area (Å²) < 4.78 is 8.29. The van der Waals surface area contributed by atoms with Crippen LogP contribution in [-0.4, -0.2) is 16.8 Å². The molecule has 0 bridgehead atoms. The zero-order valence-corrected chi connectivity index (χ0v) is 4.27. The fourth-order valence-electron chi connectivity index (χ4n) is 0.315. The Bertz CT molecular complexity index is 208. The number of ether oxygens (including phenoxy) is 1. The summed E-state index contributed by atoms with van der Waals surface area (Å²) in [4.78, 5) is 9.64. The Morgan fingerprint density at radius 2 is 2.44 bits per heavy atom. The molecule has 48 valence electrons. The van der Waals surface area contributed by atoms with E-state index < -0.39 is 0 Å². The first kappa shape index (κ1) is 5.54. The molecule has 1 aromatic rings. The monoisotopic (exact) mass is 129 g/mol. The minimum atomic E-state index is -0.106. The molecule has 9 heavy (non-hydrogen) atoms. The third kappa shape index (κ3) is 0.958. The topological polar surface area (TPSA) is 91.2 Å². The molecule has 0 fully saturated rings. The third-order valence-electron chi connectivity index (χ3n) is 0.642. The van der Waals surface area contributed by atoms with Gasteiger partial charge in [0.2, 0.25) is 5.82 Å². The molecule has 0 spiro atoms. The summed E-state index contributed by atoms with van der Waals surface area (Å²) in [5.41, 5.74) is 5.08. The average molecular weight is 129 g/mol. The van der Waals surface area contributed by atoms with Gasteiger partial charge >= 0.3 is 5.88 Å². The number of anilines is 1. The van der Waals surface area contributed by atoms with Crippen molar-refractivity contribution >= 4 is 12.3 Å². The predicted molar refractivity (Wildman–Crippen MR) is 25.4 cm³/mol. The molecule has 0 unspecified atom stereocenters. The second-order valence-electron chi connectivity index (χ2n) is 1.17. The van der Waals surface area contributed by atoms with Crippen molar-refractivity contribution in [2.45, 2.75) is 0 Å². The van der Waals surface area contributed by atoms with Crippen LogP contribution in [0.2, 0.25) is 0 Å². The van der Waals surface area contributed by atoms with E-state index in [1.54, 1.807) is 0 Å². The highest BCUT2D eigenvalue weighted by Crippen LogP contribution is 2.11. The summed E-state index contributed by atoms with van der Waals surface area (Å²) in [5.74, 6) is -0.146. The second kappa shape index (κ2) is 2.12. The molecule has 1 rings (SSSR count). The van der Waals surface area contributed by atoms with E-state index >= 15 is 0 Å². The Balaban J connectivity index is 2.80. The summed E-state index contributed by atoms with van der Waals surface area (Å²) in [6.45, 7) is 0.190. The molecule has 1 aromatic heterocycles. The van der Waals surface area contributed by atoms with Crippen molar-refractivity contribution in [3.8, 4) is 5.88 Å². The number of rotatable bonds is 2. The lowest BCUT2D eigenvalue weighted by molar-refractivity contribution is -0.121. The number of aromatic nitrogens is 2. The van der Waals surface area contributed by atoms with Crippen molar-refractivity contribution in [3.63, 3.8) is 0 Å². The van der Waals surface area contributed by atoms with Gasteiger partial charge in [-0.3, -0.25) is 4.79 Å². The fraction of sp³-hybridized carbons (Fsp3) is 0. The van der Waals surface area contributed by atoms with Crippen LogP contribution in [0.25, 0.3) is 0 Å². The van der Waals surface area contributed by atoms with Gasteiger partial charge in [-0.05, 0) is 10.3 Å². The van der Waals surface area contributed by atoms with Crippen molar-refractivity contribution in [1.29, 1.82) is 0 Å². The molecule has 0 atom stereocenters. The Labute approximate surface area is 49.5 Å². The van der Waals surface area contributed by atoms with Crippen LogP contribution in [0.3, 0.4) is 0 Å². The Morgan fingerprint density at radius 1 is 1.67 bits per heavy atom. The molecule has 2 N–H and O–H groups in total. The van der Waals surface area contributed by atoms with E-state index in [1.807, 2.05) is 0 Å². The van der Waals surface area contributed by atoms with Crippen LogP contribution in [0, 0.1) is 0 Å². The molecule has 0 saturated carbocycles. The van der Waals surface area contributed by atoms with E-state index in [9.17, 15) is 4.79 Å². The Kier molecular flexibility index (Phi) is 1.31. The number of nitrogens with zero attached hydrogens (tertiary/aromatic N) is 2. The van der Waals surface area contributed by atoms with Crippen LogP contribution in [-0.2, 0) is 4.79 Å². The SMILES string of the molecule is Nc1nonc1OC=O. The molecule has 0 saturated heterocycles. The van der Waals surface area contributed by atoms with Gasteiger partial charge in [-0.15, -0.1) is 0 Å². The minimum Gasteiger partial charge on any atom is -0.403 e. The number of nitrogens with two attached hydrogens (primary N) is 1. The van der Waals surface area contributed by atoms with E-state index in [1.165, 1.54) is 0 Å². The lowest BCUT2D eigenvalue weighted by Crippen LogP contribution is -1.93. The molecule has 0 aromatic carbocycles. The van der Waals surface area contributed by atoms with E-state index in [0.29, 0.717) is 0 Å². The standard InChI is InChI=1S/C3H3N3O3/c4-2-3(8-1-7)6-9-5-2/h1H,(H2,4,5). The van der Waals surface area contributed by atoms with Crippen molar-refractivity contribution in [2.75, 3.05) is 5.73 Å². The molecular weight excluding hydrogens is 126 g/mol. The number of nitrogen functional groups attached to an aromatic ring is 1. The summed E-state index contributed by atoms with van der Waals surface area (Å²) in [6.07, 6.45) is 0. The highest BCUT2D eigenvalue weighted by atomic mass is 16.6. The molecule has 0 amide bonds. The van der Waals surface area contributed by atoms with E-state index in [4.69, 9.17) is 5.73 Å². The molecular formula is C3H3N3O3. The zero-order valence-electron chi connectivity index (χ0n) is 4.27. The highest BCUT2D eigenvalue weighted by molar-refractivity contribution is 5.49. The maximum absolute atomic E-state index is 9.64. The molecule has 6 heteroatoms. The van der Waals surface area contributed by atoms with Crippen LogP contribution in [0.1, 0.15) is 0 Å². The summed E-state index contributed by atoms with van der Waals surface area (Å²) >= 11 is 0. The summed E-state index contributed by atoms with van der Waals surface area (Å²) in [5, 5.41) is 6.28. The Hall–Kier alpha value is -1.59. The molecule has 0 radical (unpaired) electrons. The third-order valence-corrected chi connectivity index (χ3v) is 0.642. The van der Waals surface area contributed by atoms with Crippen molar-refractivity contribution < 1.29 is 14.2 Å². The van der Waals surface area contributed by atoms with Crippen LogP contribution < -0.4 is 10.5 Å². The zero-order chi connectivity index (χ0) is 6.69. The van der Waals surface area contributed by atoms with Gasteiger partial charge < -0.3 is 10.5 Å². The lowest BCUT2D eigenvalue weighted by Gasteiger charge is -1.84. The number of carbonyl (C=O) groups is 1. The van der Waals surface area contributed by atoms with Gasteiger partial charge in [-0.25, -0.2) is 4.63 Å². The maximum Gasteiger partial charge on any atom is 0.307 e. The number of hydrogen-bond acceptors (Lipinski definition) is 6. The first-order valence-corrected chi connectivity index (χ1v) is 2.03. The van der Waals surface area contributed by atoms with E-state index in [2.05, 4.69) is 19.7 Å². The van der Waals surface area contributed by atoms with Crippen molar-refractivity contribution in [2.24, 2.45) is 0 Å². The highest BCUT2D eigenvalue weighted by Gasteiger charge is 2.04. The van der Waals surface area contributed by atoms with Gasteiger partial charge in [0.15, 0.2) is 0 Å². The van der Waals surface area contributed by atoms with E-state index in [-0.39, 0.29) is 18.2 Å². The molecule has 1 heterocycles. The van der Waals surface area contributed by atoms with Crippen molar-refractivity contribution in [3.05, 3.63) is 0 Å². The van der Waals surface area contributed by atoms with E-state index in [0.717, 1.165) is 0 Å². The number of carbonyl (C=O) groups excluding carboxylic acids is 1. The molecule has 6 nitrogen and oxygen atoms in total. The minimum absolute atomic E-state index is 0.0397.